The fourth-order valence-corrected chi connectivity index (χ4v) is 3.28. The number of aromatic nitrogens is 4. The van der Waals surface area contributed by atoms with E-state index in [1.165, 1.54) is 0 Å². The van der Waals surface area contributed by atoms with Gasteiger partial charge in [-0.15, -0.1) is 0 Å². The van der Waals surface area contributed by atoms with Crippen molar-refractivity contribution < 1.29 is 4.79 Å². The Labute approximate surface area is 149 Å². The Bertz CT molecular complexity index is 729. The molecule has 0 aliphatic carbocycles. The zero-order valence-electron chi connectivity index (χ0n) is 15.6. The summed E-state index contributed by atoms with van der Waals surface area (Å²) in [6.45, 7) is 8.02. The van der Waals surface area contributed by atoms with Gasteiger partial charge in [0, 0.05) is 45.1 Å². The Balaban J connectivity index is 1.57. The van der Waals surface area contributed by atoms with Gasteiger partial charge in [0.2, 0.25) is 5.91 Å². The molecule has 25 heavy (non-hydrogen) atoms. The Morgan fingerprint density at radius 1 is 1.24 bits per heavy atom. The highest BCUT2D eigenvalue weighted by atomic mass is 16.2. The van der Waals surface area contributed by atoms with Gasteiger partial charge in [-0.3, -0.25) is 9.78 Å². The minimum Gasteiger partial charge on any atom is -0.342 e. The molecular formula is C19H27N5O. The fraction of sp³-hybridized carbons (Fsp3) is 0.579. The van der Waals surface area contributed by atoms with Gasteiger partial charge < -0.3 is 9.47 Å². The van der Waals surface area contributed by atoms with E-state index in [2.05, 4.69) is 35.7 Å². The topological polar surface area (TPSA) is 63.9 Å². The molecular weight excluding hydrogens is 314 g/mol. The summed E-state index contributed by atoms with van der Waals surface area (Å²) in [6, 6.07) is 0. The Hall–Kier alpha value is -2.24. The minimum absolute atomic E-state index is 0.0431. The van der Waals surface area contributed by atoms with E-state index < -0.39 is 0 Å². The third-order valence-electron chi connectivity index (χ3n) is 4.57. The quantitative estimate of drug-likeness (QED) is 0.858. The maximum atomic E-state index is 12.4. The summed E-state index contributed by atoms with van der Waals surface area (Å²) in [5, 5.41) is 0. The van der Waals surface area contributed by atoms with Crippen molar-refractivity contribution in [3.05, 3.63) is 30.5 Å². The van der Waals surface area contributed by atoms with Crippen LogP contribution in [0.5, 0.6) is 0 Å². The third kappa shape index (κ3) is 4.44. The van der Waals surface area contributed by atoms with Crippen LogP contribution in [0.25, 0.3) is 11.5 Å². The van der Waals surface area contributed by atoms with Crippen molar-refractivity contribution in [3.8, 4) is 11.5 Å². The summed E-state index contributed by atoms with van der Waals surface area (Å²) in [5.74, 6) is 1.56. The van der Waals surface area contributed by atoms with Crippen LogP contribution in [-0.2, 0) is 18.3 Å². The Morgan fingerprint density at radius 3 is 2.64 bits per heavy atom. The fourth-order valence-electron chi connectivity index (χ4n) is 3.28. The molecule has 1 aliphatic heterocycles. The molecule has 0 radical (unpaired) electrons. The lowest BCUT2D eigenvalue weighted by molar-refractivity contribution is -0.132. The second kappa shape index (κ2) is 6.94. The average molecular weight is 341 g/mol. The second-order valence-corrected chi connectivity index (χ2v) is 8.19. The van der Waals surface area contributed by atoms with E-state index >= 15 is 0 Å². The van der Waals surface area contributed by atoms with E-state index in [1.54, 1.807) is 12.4 Å². The predicted molar refractivity (Wildman–Crippen MR) is 96.7 cm³/mol. The Morgan fingerprint density at radius 2 is 2.04 bits per heavy atom. The first-order valence-electron chi connectivity index (χ1n) is 8.88. The van der Waals surface area contributed by atoms with Crippen molar-refractivity contribution >= 4 is 5.91 Å². The minimum atomic E-state index is 0.0431. The summed E-state index contributed by atoms with van der Waals surface area (Å²) in [5.41, 5.74) is 1.80. The number of aryl methyl sites for hydroxylation is 1. The highest BCUT2D eigenvalue weighted by molar-refractivity contribution is 5.77. The lowest BCUT2D eigenvalue weighted by Gasteiger charge is -2.23. The van der Waals surface area contributed by atoms with Crippen LogP contribution < -0.4 is 0 Å². The molecule has 0 spiro atoms. The summed E-state index contributed by atoms with van der Waals surface area (Å²) in [6.07, 6.45) is 9.79. The number of carbonyl (C=O) groups excluding carboxylic acids is 1. The molecule has 0 aromatic carbocycles. The molecule has 1 saturated heterocycles. The maximum absolute atomic E-state index is 12.4. The van der Waals surface area contributed by atoms with Gasteiger partial charge in [0.05, 0.1) is 11.9 Å². The first kappa shape index (κ1) is 17.6. The number of nitrogens with zero attached hydrogens (tertiary/aromatic N) is 5. The molecule has 0 bridgehead atoms. The van der Waals surface area contributed by atoms with Crippen LogP contribution in [0, 0.1) is 11.3 Å². The Kier molecular flexibility index (Phi) is 4.88. The summed E-state index contributed by atoms with van der Waals surface area (Å²) in [7, 11) is 1.94. The van der Waals surface area contributed by atoms with Crippen molar-refractivity contribution in [2.24, 2.45) is 18.4 Å². The van der Waals surface area contributed by atoms with Crippen LogP contribution in [-0.4, -0.2) is 43.4 Å². The van der Waals surface area contributed by atoms with Crippen molar-refractivity contribution in [1.82, 2.24) is 24.4 Å². The van der Waals surface area contributed by atoms with E-state index in [-0.39, 0.29) is 11.3 Å². The number of imidazole rings is 1. The lowest BCUT2D eigenvalue weighted by atomic mass is 9.91. The molecule has 1 aliphatic rings. The van der Waals surface area contributed by atoms with Gasteiger partial charge in [0.1, 0.15) is 5.69 Å². The number of likely N-dealkylation sites (tertiary alicyclic amines) is 1. The van der Waals surface area contributed by atoms with Crippen molar-refractivity contribution in [1.29, 1.82) is 0 Å². The van der Waals surface area contributed by atoms with Crippen LogP contribution >= 0.6 is 0 Å². The van der Waals surface area contributed by atoms with E-state index in [4.69, 9.17) is 0 Å². The van der Waals surface area contributed by atoms with Crippen LogP contribution in [0.4, 0.5) is 0 Å². The molecule has 0 saturated carbocycles. The van der Waals surface area contributed by atoms with Crippen LogP contribution in [0.3, 0.4) is 0 Å². The van der Waals surface area contributed by atoms with Gasteiger partial charge in [-0.25, -0.2) is 9.97 Å². The largest absolute Gasteiger partial charge is 0.342 e. The van der Waals surface area contributed by atoms with Crippen LogP contribution in [0.15, 0.2) is 24.8 Å². The molecule has 3 heterocycles. The van der Waals surface area contributed by atoms with E-state index in [0.717, 1.165) is 43.1 Å². The van der Waals surface area contributed by atoms with Crippen molar-refractivity contribution in [3.63, 3.8) is 0 Å². The number of amides is 1. The van der Waals surface area contributed by atoms with Crippen LogP contribution in [0.1, 0.15) is 39.3 Å². The molecule has 1 fully saturated rings. The molecule has 0 N–H and O–H groups in total. The lowest BCUT2D eigenvalue weighted by Crippen LogP contribution is -2.31. The average Bonchev–Trinajstić information content (AvgIpc) is 3.16. The first-order valence-corrected chi connectivity index (χ1v) is 8.88. The molecule has 2 aromatic rings. The highest BCUT2D eigenvalue weighted by Gasteiger charge is 2.28. The van der Waals surface area contributed by atoms with Gasteiger partial charge in [-0.05, 0) is 24.2 Å². The number of hydrogen-bond donors (Lipinski definition) is 0. The zero-order valence-corrected chi connectivity index (χ0v) is 15.6. The summed E-state index contributed by atoms with van der Waals surface area (Å²) in [4.78, 5) is 27.7. The van der Waals surface area contributed by atoms with Crippen LogP contribution in [0.2, 0.25) is 0 Å². The van der Waals surface area contributed by atoms with Crippen molar-refractivity contribution in [2.45, 2.75) is 40.0 Å². The zero-order chi connectivity index (χ0) is 18.0. The maximum Gasteiger partial charge on any atom is 0.223 e. The molecule has 1 atom stereocenters. The van der Waals surface area contributed by atoms with Gasteiger partial charge in [0.25, 0.3) is 0 Å². The molecule has 6 heteroatoms. The summed E-state index contributed by atoms with van der Waals surface area (Å²) < 4.78 is 1.93. The smallest absolute Gasteiger partial charge is 0.223 e. The van der Waals surface area contributed by atoms with Gasteiger partial charge in [-0.1, -0.05) is 20.8 Å². The van der Waals surface area contributed by atoms with Gasteiger partial charge >= 0.3 is 0 Å². The standard InChI is InChI=1S/C19H27N5O/c1-19(2,3)10-17(25)24-7-5-14(13-24)9-15-11-22-16(12-21-15)18-20-6-8-23(18)4/h6,8,11-12,14H,5,7,9-10,13H2,1-4H3/t14-/m0/s1. The number of carbonyl (C=O) groups is 1. The van der Waals surface area contributed by atoms with Gasteiger partial charge in [-0.2, -0.15) is 0 Å². The molecule has 0 unspecified atom stereocenters. The second-order valence-electron chi connectivity index (χ2n) is 8.19. The van der Waals surface area contributed by atoms with E-state index in [0.29, 0.717) is 12.3 Å². The summed E-state index contributed by atoms with van der Waals surface area (Å²) >= 11 is 0. The molecule has 3 rings (SSSR count). The molecule has 6 nitrogen and oxygen atoms in total. The number of rotatable bonds is 4. The first-order chi connectivity index (χ1) is 11.8. The normalized spacial score (nSPS) is 17.9. The molecule has 2 aromatic heterocycles. The SMILES string of the molecule is Cn1ccnc1-c1cnc(C[C@@H]2CCN(C(=O)CC(C)(C)C)C2)cn1. The van der Waals surface area contributed by atoms with Gasteiger partial charge in [0.15, 0.2) is 5.82 Å². The molecule has 1 amide bonds. The monoisotopic (exact) mass is 341 g/mol. The highest BCUT2D eigenvalue weighted by Crippen LogP contribution is 2.25. The number of hydrogen-bond acceptors (Lipinski definition) is 4. The van der Waals surface area contributed by atoms with E-state index in [1.807, 2.05) is 28.9 Å². The van der Waals surface area contributed by atoms with Crippen molar-refractivity contribution in [2.75, 3.05) is 13.1 Å². The predicted octanol–water partition coefficient (Wildman–Crippen LogP) is 2.70. The third-order valence-corrected chi connectivity index (χ3v) is 4.57. The molecule has 134 valence electrons. The van der Waals surface area contributed by atoms with E-state index in [9.17, 15) is 4.79 Å².